The van der Waals surface area contributed by atoms with Gasteiger partial charge in [0, 0.05) is 16.3 Å². The molecule has 0 aliphatic rings. The van der Waals surface area contributed by atoms with Crippen LogP contribution in [-0.2, 0) is 4.79 Å². The van der Waals surface area contributed by atoms with Gasteiger partial charge in [-0.1, -0.05) is 66.2 Å². The number of halogens is 1. The summed E-state index contributed by atoms with van der Waals surface area (Å²) in [4.78, 5) is 24.4. The first-order chi connectivity index (χ1) is 14.1. The second-order valence-electron chi connectivity index (χ2n) is 6.34. The third kappa shape index (κ3) is 5.42. The molecule has 0 saturated carbocycles. The molecule has 0 radical (unpaired) electrons. The van der Waals surface area contributed by atoms with Gasteiger partial charge in [0.2, 0.25) is 5.91 Å². The van der Waals surface area contributed by atoms with E-state index in [1.807, 2.05) is 42.5 Å². The molecule has 0 aliphatic heterocycles. The van der Waals surface area contributed by atoms with Crippen LogP contribution in [0.3, 0.4) is 0 Å². The molecule has 148 valence electrons. The second-order valence-corrected chi connectivity index (χ2v) is 6.78. The van der Waals surface area contributed by atoms with Crippen molar-refractivity contribution in [3.05, 3.63) is 101 Å². The van der Waals surface area contributed by atoms with E-state index in [1.165, 1.54) is 0 Å². The minimum absolute atomic E-state index is 0.00472. The predicted molar refractivity (Wildman–Crippen MR) is 114 cm³/mol. The van der Waals surface area contributed by atoms with E-state index in [9.17, 15) is 9.59 Å². The lowest BCUT2D eigenvalue weighted by Gasteiger charge is -2.23. The summed E-state index contributed by atoms with van der Waals surface area (Å²) in [5, 5.41) is 6.61. The van der Waals surface area contributed by atoms with Gasteiger partial charge >= 0.3 is 0 Å². The monoisotopic (exact) mass is 408 g/mol. The first-order valence-electron chi connectivity index (χ1n) is 9.02. The van der Waals surface area contributed by atoms with Gasteiger partial charge in [-0.3, -0.25) is 20.3 Å². The molecule has 2 amide bonds. The van der Waals surface area contributed by atoms with Crippen molar-refractivity contribution in [2.24, 2.45) is 5.84 Å². The van der Waals surface area contributed by atoms with E-state index in [2.05, 4.69) is 16.1 Å². The van der Waals surface area contributed by atoms with E-state index in [0.29, 0.717) is 16.3 Å². The van der Waals surface area contributed by atoms with Crippen molar-refractivity contribution in [1.29, 1.82) is 0 Å². The standard InChI is InChI=1S/C22H21ClN4O2/c23-17-11-12-18(19(13-17)26-22(29)16-9-5-2-6-10-16)21(25-14-20(28)27-24)15-7-3-1-4-8-15/h1-13,21,25H,14,24H2,(H,26,29)(H,27,28)/t21-/m1/s1. The molecule has 7 heteroatoms. The van der Waals surface area contributed by atoms with Crippen LogP contribution in [0.2, 0.25) is 5.02 Å². The van der Waals surface area contributed by atoms with Crippen LogP contribution >= 0.6 is 11.6 Å². The van der Waals surface area contributed by atoms with Crippen molar-refractivity contribution in [3.63, 3.8) is 0 Å². The lowest BCUT2D eigenvalue weighted by atomic mass is 9.96. The number of hydrogen-bond acceptors (Lipinski definition) is 4. The molecule has 1 atom stereocenters. The number of hydrogen-bond donors (Lipinski definition) is 4. The zero-order chi connectivity index (χ0) is 20.6. The highest BCUT2D eigenvalue weighted by Crippen LogP contribution is 2.31. The molecule has 5 N–H and O–H groups in total. The molecule has 6 nitrogen and oxygen atoms in total. The van der Waals surface area contributed by atoms with Gasteiger partial charge in [0.1, 0.15) is 0 Å². The first-order valence-corrected chi connectivity index (χ1v) is 9.40. The van der Waals surface area contributed by atoms with E-state index >= 15 is 0 Å². The normalized spacial score (nSPS) is 11.5. The maximum Gasteiger partial charge on any atom is 0.255 e. The van der Waals surface area contributed by atoms with Crippen LogP contribution in [0, 0.1) is 0 Å². The van der Waals surface area contributed by atoms with Crippen LogP contribution in [0.15, 0.2) is 78.9 Å². The Morgan fingerprint density at radius 1 is 0.931 bits per heavy atom. The third-order valence-electron chi connectivity index (χ3n) is 4.37. The summed E-state index contributed by atoms with van der Waals surface area (Å²) in [6.45, 7) is 0.00472. The maximum absolute atomic E-state index is 12.7. The molecule has 0 heterocycles. The Labute approximate surface area is 174 Å². The predicted octanol–water partition coefficient (Wildman–Crippen LogP) is 3.26. The highest BCUT2D eigenvalue weighted by molar-refractivity contribution is 6.31. The highest BCUT2D eigenvalue weighted by atomic mass is 35.5. The van der Waals surface area contributed by atoms with Gasteiger partial charge in [0.15, 0.2) is 0 Å². The number of nitrogens with one attached hydrogen (secondary N) is 3. The number of carbonyl (C=O) groups excluding carboxylic acids is 2. The molecule has 0 aromatic heterocycles. The van der Waals surface area contributed by atoms with E-state index in [1.54, 1.807) is 36.4 Å². The Hall–Kier alpha value is -3.19. The molecule has 3 rings (SSSR count). The average Bonchev–Trinajstić information content (AvgIpc) is 2.76. The van der Waals surface area contributed by atoms with Crippen molar-refractivity contribution in [2.75, 3.05) is 11.9 Å². The second kappa shape index (κ2) is 9.84. The number of hydrazine groups is 1. The fourth-order valence-electron chi connectivity index (χ4n) is 2.97. The van der Waals surface area contributed by atoms with Crippen LogP contribution < -0.4 is 21.9 Å². The zero-order valence-electron chi connectivity index (χ0n) is 15.6. The van der Waals surface area contributed by atoms with E-state index in [-0.39, 0.29) is 24.4 Å². The molecule has 3 aromatic rings. The smallest absolute Gasteiger partial charge is 0.255 e. The largest absolute Gasteiger partial charge is 0.322 e. The highest BCUT2D eigenvalue weighted by Gasteiger charge is 2.20. The molecular weight excluding hydrogens is 388 g/mol. The van der Waals surface area contributed by atoms with Gasteiger partial charge in [-0.15, -0.1) is 0 Å². The van der Waals surface area contributed by atoms with Gasteiger partial charge in [-0.05, 0) is 35.4 Å². The van der Waals surface area contributed by atoms with E-state index < -0.39 is 0 Å². The van der Waals surface area contributed by atoms with Crippen molar-refractivity contribution in [3.8, 4) is 0 Å². The Kier molecular flexibility index (Phi) is 6.97. The molecule has 0 fully saturated rings. The average molecular weight is 409 g/mol. The van der Waals surface area contributed by atoms with Gasteiger partial charge in [0.05, 0.1) is 12.6 Å². The Morgan fingerprint density at radius 3 is 2.24 bits per heavy atom. The lowest BCUT2D eigenvalue weighted by Crippen LogP contribution is -2.39. The minimum atomic E-state index is -0.364. The molecule has 29 heavy (non-hydrogen) atoms. The molecule has 0 unspecified atom stereocenters. The summed E-state index contributed by atoms with van der Waals surface area (Å²) in [7, 11) is 0. The third-order valence-corrected chi connectivity index (χ3v) is 4.61. The molecular formula is C22H21ClN4O2. The minimum Gasteiger partial charge on any atom is -0.322 e. The van der Waals surface area contributed by atoms with Gasteiger partial charge in [-0.2, -0.15) is 0 Å². The van der Waals surface area contributed by atoms with Crippen LogP contribution in [0.25, 0.3) is 0 Å². The topological polar surface area (TPSA) is 96.2 Å². The summed E-state index contributed by atoms with van der Waals surface area (Å²) in [5.41, 5.74) is 4.90. The summed E-state index contributed by atoms with van der Waals surface area (Å²) in [6, 6.07) is 23.4. The Morgan fingerprint density at radius 2 is 1.59 bits per heavy atom. The zero-order valence-corrected chi connectivity index (χ0v) is 16.3. The Balaban J connectivity index is 1.97. The molecule has 0 saturated heterocycles. The summed E-state index contributed by atoms with van der Waals surface area (Å²) >= 11 is 6.19. The molecule has 0 spiro atoms. The van der Waals surface area contributed by atoms with Gasteiger partial charge in [-0.25, -0.2) is 5.84 Å². The van der Waals surface area contributed by atoms with Gasteiger partial charge in [0.25, 0.3) is 5.91 Å². The lowest BCUT2D eigenvalue weighted by molar-refractivity contribution is -0.120. The molecule has 3 aromatic carbocycles. The number of nitrogens with two attached hydrogens (primary N) is 1. The molecule has 0 bridgehead atoms. The molecule has 0 aliphatic carbocycles. The Bertz CT molecular complexity index is 981. The van der Waals surface area contributed by atoms with Crippen LogP contribution in [0.4, 0.5) is 5.69 Å². The van der Waals surface area contributed by atoms with Crippen molar-refractivity contribution >= 4 is 29.1 Å². The van der Waals surface area contributed by atoms with Crippen LogP contribution in [-0.4, -0.2) is 18.4 Å². The number of benzene rings is 3. The summed E-state index contributed by atoms with van der Waals surface area (Å²) in [6.07, 6.45) is 0. The number of amides is 2. The fraction of sp³-hybridized carbons (Fsp3) is 0.0909. The maximum atomic E-state index is 12.7. The number of rotatable bonds is 7. The van der Waals surface area contributed by atoms with Crippen molar-refractivity contribution in [1.82, 2.24) is 10.7 Å². The van der Waals surface area contributed by atoms with E-state index in [0.717, 1.165) is 11.1 Å². The fourth-order valence-corrected chi connectivity index (χ4v) is 3.14. The van der Waals surface area contributed by atoms with Crippen LogP contribution in [0.1, 0.15) is 27.5 Å². The van der Waals surface area contributed by atoms with Crippen molar-refractivity contribution < 1.29 is 9.59 Å². The summed E-state index contributed by atoms with van der Waals surface area (Å²) in [5.74, 6) is 4.60. The van der Waals surface area contributed by atoms with E-state index in [4.69, 9.17) is 17.4 Å². The SMILES string of the molecule is NNC(=O)CN[C@H](c1ccccc1)c1ccc(Cl)cc1NC(=O)c1ccccc1. The quantitative estimate of drug-likeness (QED) is 0.274. The van der Waals surface area contributed by atoms with Gasteiger partial charge < -0.3 is 5.32 Å². The number of anilines is 1. The number of carbonyl (C=O) groups is 2. The summed E-state index contributed by atoms with van der Waals surface area (Å²) < 4.78 is 0. The van der Waals surface area contributed by atoms with Crippen molar-refractivity contribution in [2.45, 2.75) is 6.04 Å². The first kappa shape index (κ1) is 20.5. The van der Waals surface area contributed by atoms with Crippen LogP contribution in [0.5, 0.6) is 0 Å².